The van der Waals surface area contributed by atoms with E-state index in [9.17, 15) is 18.3 Å². The Morgan fingerprint density at radius 3 is 2.91 bits per heavy atom. The van der Waals surface area contributed by atoms with Gasteiger partial charge in [-0.2, -0.15) is 0 Å². The molecule has 0 aromatic carbocycles. The maximum atomic E-state index is 11.8. The molecule has 0 aromatic heterocycles. The van der Waals surface area contributed by atoms with Gasteiger partial charge in [-0.05, 0) is 25.2 Å². The van der Waals surface area contributed by atoms with E-state index >= 15 is 0 Å². The van der Waals surface area contributed by atoms with Gasteiger partial charge in [0.2, 0.25) is 10.0 Å². The van der Waals surface area contributed by atoms with Crippen LogP contribution in [0.5, 0.6) is 0 Å². The number of rotatable bonds is 9. The molecule has 1 saturated carbocycles. The number of carbonyl (C=O) groups is 1. The topological polar surface area (TPSA) is 95.9 Å². The zero-order valence-electron chi connectivity index (χ0n) is 13.1. The molecular formula is C14H26N2O5S. The molecule has 1 aliphatic carbocycles. The van der Waals surface area contributed by atoms with Gasteiger partial charge in [0.15, 0.2) is 0 Å². The van der Waals surface area contributed by atoms with E-state index < -0.39 is 21.4 Å². The lowest BCUT2D eigenvalue weighted by atomic mass is 9.81. The average Bonchev–Trinajstić information content (AvgIpc) is 2.96. The van der Waals surface area contributed by atoms with Crippen molar-refractivity contribution in [2.75, 3.05) is 45.6 Å². The molecule has 7 nitrogen and oxygen atoms in total. The van der Waals surface area contributed by atoms with Gasteiger partial charge >= 0.3 is 5.97 Å². The molecule has 1 saturated heterocycles. The number of carboxylic acid groups (broad SMARTS) is 1. The Labute approximate surface area is 132 Å². The van der Waals surface area contributed by atoms with Gasteiger partial charge in [0.25, 0.3) is 0 Å². The van der Waals surface area contributed by atoms with Crippen LogP contribution in [0.3, 0.4) is 0 Å². The summed E-state index contributed by atoms with van der Waals surface area (Å²) >= 11 is 0. The van der Waals surface area contributed by atoms with Crippen molar-refractivity contribution in [1.29, 1.82) is 0 Å². The largest absolute Gasteiger partial charge is 0.481 e. The molecule has 0 aromatic rings. The summed E-state index contributed by atoms with van der Waals surface area (Å²) in [5, 5.41) is 9.52. The Bertz CT molecular complexity index is 495. The number of fused-ring (bicyclic) bond motifs is 1. The van der Waals surface area contributed by atoms with E-state index in [0.717, 1.165) is 25.8 Å². The first-order valence-electron chi connectivity index (χ1n) is 7.82. The van der Waals surface area contributed by atoms with Crippen molar-refractivity contribution in [2.45, 2.75) is 25.7 Å². The van der Waals surface area contributed by atoms with Gasteiger partial charge in [-0.1, -0.05) is 6.42 Å². The van der Waals surface area contributed by atoms with E-state index in [1.807, 2.05) is 0 Å². The Morgan fingerprint density at radius 1 is 1.50 bits per heavy atom. The SMILES string of the molecule is COCCCS(=O)(=O)NCCN1C[C@@H]2CCC[C@@]2(C(=O)O)C1. The highest BCUT2D eigenvalue weighted by Gasteiger charge is 2.54. The van der Waals surface area contributed by atoms with Gasteiger partial charge in [-0.3, -0.25) is 4.79 Å². The molecule has 2 rings (SSSR count). The van der Waals surface area contributed by atoms with Crippen molar-refractivity contribution < 1.29 is 23.1 Å². The van der Waals surface area contributed by atoms with Crippen LogP contribution in [-0.4, -0.2) is 70.0 Å². The summed E-state index contributed by atoms with van der Waals surface area (Å²) in [6, 6.07) is 0. The fraction of sp³-hybridized carbons (Fsp3) is 0.929. The number of nitrogens with one attached hydrogen (secondary N) is 1. The second kappa shape index (κ2) is 7.25. The predicted octanol–water partition coefficient (Wildman–Crippen LogP) is 0.129. The van der Waals surface area contributed by atoms with Crippen LogP contribution in [0.1, 0.15) is 25.7 Å². The number of hydrogen-bond donors (Lipinski definition) is 2. The van der Waals surface area contributed by atoms with Crippen LogP contribution in [0.2, 0.25) is 0 Å². The summed E-state index contributed by atoms with van der Waals surface area (Å²) in [6.45, 7) is 2.62. The molecule has 2 N–H and O–H groups in total. The summed E-state index contributed by atoms with van der Waals surface area (Å²) in [5.74, 6) is -0.427. The minimum absolute atomic E-state index is 0.0581. The molecule has 2 aliphatic rings. The van der Waals surface area contributed by atoms with Crippen molar-refractivity contribution in [2.24, 2.45) is 11.3 Å². The molecule has 128 valence electrons. The van der Waals surface area contributed by atoms with Crippen LogP contribution < -0.4 is 4.72 Å². The average molecular weight is 334 g/mol. The number of nitrogens with zero attached hydrogens (tertiary/aromatic N) is 1. The van der Waals surface area contributed by atoms with Crippen LogP contribution in [-0.2, 0) is 19.6 Å². The minimum atomic E-state index is -3.27. The van der Waals surface area contributed by atoms with E-state index in [-0.39, 0.29) is 11.7 Å². The zero-order valence-corrected chi connectivity index (χ0v) is 13.9. The van der Waals surface area contributed by atoms with Crippen LogP contribution in [0.15, 0.2) is 0 Å². The predicted molar refractivity (Wildman–Crippen MR) is 82.1 cm³/mol. The summed E-state index contributed by atoms with van der Waals surface area (Å²) < 4.78 is 31.0. The van der Waals surface area contributed by atoms with Crippen molar-refractivity contribution in [1.82, 2.24) is 9.62 Å². The Hall–Kier alpha value is -0.700. The third-order valence-electron chi connectivity index (χ3n) is 4.88. The number of sulfonamides is 1. The van der Waals surface area contributed by atoms with E-state index in [4.69, 9.17) is 4.74 Å². The van der Waals surface area contributed by atoms with Crippen molar-refractivity contribution in [3.05, 3.63) is 0 Å². The smallest absolute Gasteiger partial charge is 0.311 e. The van der Waals surface area contributed by atoms with E-state index in [1.165, 1.54) is 0 Å². The van der Waals surface area contributed by atoms with Gasteiger partial charge in [-0.25, -0.2) is 13.1 Å². The molecular weight excluding hydrogens is 308 g/mol. The second-order valence-electron chi connectivity index (χ2n) is 6.35. The first-order chi connectivity index (χ1) is 10.4. The highest BCUT2D eigenvalue weighted by Crippen LogP contribution is 2.48. The van der Waals surface area contributed by atoms with Crippen molar-refractivity contribution in [3.8, 4) is 0 Å². The van der Waals surface area contributed by atoms with E-state index in [1.54, 1.807) is 7.11 Å². The summed E-state index contributed by atoms with van der Waals surface area (Å²) in [7, 11) is -1.72. The Balaban J connectivity index is 1.76. The summed E-state index contributed by atoms with van der Waals surface area (Å²) in [4.78, 5) is 13.7. The molecule has 0 amide bonds. The lowest BCUT2D eigenvalue weighted by Crippen LogP contribution is -2.38. The number of likely N-dealkylation sites (tertiary alicyclic amines) is 1. The van der Waals surface area contributed by atoms with Gasteiger partial charge in [-0.15, -0.1) is 0 Å². The lowest BCUT2D eigenvalue weighted by molar-refractivity contribution is -0.149. The fourth-order valence-corrected chi connectivity index (χ4v) is 4.78. The maximum absolute atomic E-state index is 11.8. The standard InChI is InChI=1S/C14H26N2O5S/c1-21-8-3-9-22(19,20)15-6-7-16-10-12-4-2-5-14(12,11-16)13(17)18/h12,15H,2-11H2,1H3,(H,17,18)/t12-,14+/m0/s1. The normalized spacial score (nSPS) is 28.9. The Kier molecular flexibility index (Phi) is 5.81. The molecule has 1 heterocycles. The molecule has 0 radical (unpaired) electrons. The van der Waals surface area contributed by atoms with Crippen LogP contribution in [0, 0.1) is 11.3 Å². The number of aliphatic carboxylic acids is 1. The summed E-state index contributed by atoms with van der Waals surface area (Å²) in [5.41, 5.74) is -0.600. The second-order valence-corrected chi connectivity index (χ2v) is 8.27. The Morgan fingerprint density at radius 2 is 2.27 bits per heavy atom. The number of ether oxygens (including phenoxy) is 1. The number of carboxylic acids is 1. The summed E-state index contributed by atoms with van der Waals surface area (Å²) in [6.07, 6.45) is 3.16. The molecule has 2 fully saturated rings. The highest BCUT2D eigenvalue weighted by atomic mass is 32.2. The molecule has 2 atom stereocenters. The van der Waals surface area contributed by atoms with Gasteiger partial charge < -0.3 is 14.7 Å². The molecule has 0 spiro atoms. The van der Waals surface area contributed by atoms with Crippen LogP contribution in [0.4, 0.5) is 0 Å². The lowest BCUT2D eigenvalue weighted by Gasteiger charge is -2.23. The van der Waals surface area contributed by atoms with E-state index in [2.05, 4.69) is 9.62 Å². The molecule has 0 unspecified atom stereocenters. The third kappa shape index (κ3) is 3.98. The fourth-order valence-electron chi connectivity index (χ4n) is 3.74. The van der Waals surface area contributed by atoms with Gasteiger partial charge in [0, 0.05) is 39.9 Å². The van der Waals surface area contributed by atoms with Gasteiger partial charge in [0.1, 0.15) is 0 Å². The first kappa shape index (κ1) is 17.7. The maximum Gasteiger partial charge on any atom is 0.311 e. The van der Waals surface area contributed by atoms with Crippen molar-refractivity contribution >= 4 is 16.0 Å². The van der Waals surface area contributed by atoms with E-state index in [0.29, 0.717) is 32.7 Å². The van der Waals surface area contributed by atoms with Crippen LogP contribution >= 0.6 is 0 Å². The number of methoxy groups -OCH3 is 1. The zero-order chi connectivity index (χ0) is 16.2. The molecule has 1 aliphatic heterocycles. The van der Waals surface area contributed by atoms with Crippen molar-refractivity contribution in [3.63, 3.8) is 0 Å². The molecule has 0 bridgehead atoms. The van der Waals surface area contributed by atoms with Gasteiger partial charge in [0.05, 0.1) is 11.2 Å². The quantitative estimate of drug-likeness (QED) is 0.582. The number of hydrogen-bond acceptors (Lipinski definition) is 5. The third-order valence-corrected chi connectivity index (χ3v) is 6.35. The highest BCUT2D eigenvalue weighted by molar-refractivity contribution is 7.89. The first-order valence-corrected chi connectivity index (χ1v) is 9.47. The monoisotopic (exact) mass is 334 g/mol. The van der Waals surface area contributed by atoms with Crippen LogP contribution in [0.25, 0.3) is 0 Å². The molecule has 8 heteroatoms. The minimum Gasteiger partial charge on any atom is -0.481 e. The molecule has 22 heavy (non-hydrogen) atoms.